The van der Waals surface area contributed by atoms with Gasteiger partial charge in [0.25, 0.3) is 0 Å². The van der Waals surface area contributed by atoms with E-state index in [4.69, 9.17) is 4.98 Å². The van der Waals surface area contributed by atoms with Gasteiger partial charge in [0.15, 0.2) is 0 Å². The smallest absolute Gasteiger partial charge is 0.0998 e. The molecule has 0 amide bonds. The molecular formula is C72H59N5. The molecule has 0 bridgehead atoms. The van der Waals surface area contributed by atoms with E-state index in [1.54, 1.807) is 0 Å². The van der Waals surface area contributed by atoms with Crippen LogP contribution in [0.1, 0.15) is 89.1 Å². The van der Waals surface area contributed by atoms with Crippen LogP contribution >= 0.6 is 0 Å². The van der Waals surface area contributed by atoms with Crippen LogP contribution in [0, 0.1) is 22.7 Å². The van der Waals surface area contributed by atoms with E-state index in [9.17, 15) is 10.5 Å². The summed E-state index contributed by atoms with van der Waals surface area (Å²) in [6, 6.07) is 72.3. The summed E-state index contributed by atoms with van der Waals surface area (Å²) in [5.41, 5.74) is 24.9. The number of rotatable bonds is 14. The number of hydrogen-bond acceptors (Lipinski definition) is 5. The minimum absolute atomic E-state index is 0.165. The predicted molar refractivity (Wildman–Crippen MR) is 313 cm³/mol. The minimum Gasteiger partial charge on any atom is -0.256 e. The maximum Gasteiger partial charge on any atom is 0.0998 e. The molecule has 5 nitrogen and oxygen atoms in total. The molecule has 0 spiro atoms. The SMILES string of the molecule is CC1(c2ccc(-c3ccc(-c4ccccc4-c4cc(CCc5ccc(-c6ccccn6)cc5)cc(CCc5ccc(-c6ccccn6)cc5)c4)c(-c4ccc(-c5ccc(C#N)c6c5CCC6)cc4C#N)c3)nc2)CCCC1. The van der Waals surface area contributed by atoms with E-state index in [0.29, 0.717) is 5.56 Å². The number of aryl methyl sites for hydroxylation is 4. The number of nitriles is 2. The van der Waals surface area contributed by atoms with Crippen molar-refractivity contribution in [2.75, 3.05) is 0 Å². The third kappa shape index (κ3) is 10.3. The number of hydrogen-bond donors (Lipinski definition) is 0. The lowest BCUT2D eigenvalue weighted by Crippen LogP contribution is -2.16. The fourth-order valence-corrected chi connectivity index (χ4v) is 12.2. The monoisotopic (exact) mass is 993 g/mol. The van der Waals surface area contributed by atoms with Gasteiger partial charge in [-0.1, -0.05) is 159 Å². The minimum atomic E-state index is 0.165. The topological polar surface area (TPSA) is 86.2 Å². The number of benzene rings is 7. The highest BCUT2D eigenvalue weighted by molar-refractivity contribution is 5.95. The number of fused-ring (bicyclic) bond motifs is 1. The van der Waals surface area contributed by atoms with Crippen molar-refractivity contribution in [3.8, 4) is 90.4 Å². The van der Waals surface area contributed by atoms with Gasteiger partial charge in [0, 0.05) is 40.8 Å². The molecule has 0 unspecified atom stereocenters. The first kappa shape index (κ1) is 48.9. The average molecular weight is 994 g/mol. The first-order valence-electron chi connectivity index (χ1n) is 27.3. The van der Waals surface area contributed by atoms with Crippen LogP contribution < -0.4 is 0 Å². The lowest BCUT2D eigenvalue weighted by molar-refractivity contribution is 0.490. The van der Waals surface area contributed by atoms with Gasteiger partial charge >= 0.3 is 0 Å². The quantitative estimate of drug-likeness (QED) is 0.108. The molecule has 12 rings (SSSR count). The molecule has 0 atom stereocenters. The molecule has 7 aromatic carbocycles. The zero-order valence-corrected chi connectivity index (χ0v) is 43.6. The Labute approximate surface area is 453 Å². The Balaban J connectivity index is 0.940. The van der Waals surface area contributed by atoms with Gasteiger partial charge in [-0.2, -0.15) is 10.5 Å². The second kappa shape index (κ2) is 21.7. The van der Waals surface area contributed by atoms with Crippen LogP contribution in [-0.2, 0) is 43.9 Å². The van der Waals surface area contributed by atoms with Crippen molar-refractivity contribution in [1.82, 2.24) is 15.0 Å². The van der Waals surface area contributed by atoms with Crippen molar-refractivity contribution in [3.05, 3.63) is 257 Å². The maximum absolute atomic E-state index is 11.1. The molecule has 2 aliphatic rings. The van der Waals surface area contributed by atoms with Crippen molar-refractivity contribution < 1.29 is 0 Å². The summed E-state index contributed by atoms with van der Waals surface area (Å²) in [5.74, 6) is 0. The standard InChI is InChI=1S/C72H59N5/c1-72(37-6-7-38-72)60-32-36-71(77-48-60)56-30-35-67(68(45-56)64-33-29-55(44-59(64)47-74)63-34-31-57(46-73)61-13-10-14-65(61)63)66-12-3-2-11-62(66)58-42-51(19-17-49-21-25-53(26-22-49)69-15-4-8-39-75-69)41-52(43-58)20-18-50-23-27-54(28-24-50)70-16-5-9-40-76-70/h2-5,8-9,11-12,15-16,21-36,39-45,48H,6-7,10,13-14,17-20,37-38H2,1H3. The van der Waals surface area contributed by atoms with E-state index in [0.717, 1.165) is 129 Å². The van der Waals surface area contributed by atoms with Crippen LogP contribution in [0.3, 0.4) is 0 Å². The van der Waals surface area contributed by atoms with Gasteiger partial charge in [0.05, 0.1) is 40.3 Å². The lowest BCUT2D eigenvalue weighted by Gasteiger charge is -2.24. The molecule has 0 N–H and O–H groups in total. The Morgan fingerprint density at radius 2 is 0.935 bits per heavy atom. The second-order valence-corrected chi connectivity index (χ2v) is 21.3. The van der Waals surface area contributed by atoms with Gasteiger partial charge in [0.2, 0.25) is 0 Å². The molecule has 2 aliphatic carbocycles. The second-order valence-electron chi connectivity index (χ2n) is 21.3. The van der Waals surface area contributed by atoms with E-state index in [1.165, 1.54) is 64.6 Å². The van der Waals surface area contributed by atoms with Gasteiger partial charge in [-0.25, -0.2) is 0 Å². The van der Waals surface area contributed by atoms with Crippen molar-refractivity contribution in [2.45, 2.75) is 83.0 Å². The molecule has 77 heavy (non-hydrogen) atoms. The Morgan fingerprint density at radius 3 is 1.55 bits per heavy atom. The molecule has 1 saturated carbocycles. The normalized spacial score (nSPS) is 13.4. The van der Waals surface area contributed by atoms with Crippen molar-refractivity contribution in [3.63, 3.8) is 0 Å². The summed E-state index contributed by atoms with van der Waals surface area (Å²) < 4.78 is 0. The highest BCUT2D eigenvalue weighted by Gasteiger charge is 2.31. The summed E-state index contributed by atoms with van der Waals surface area (Å²) in [7, 11) is 0. The van der Waals surface area contributed by atoms with Gasteiger partial charge < -0.3 is 0 Å². The molecule has 0 aliphatic heterocycles. The highest BCUT2D eigenvalue weighted by Crippen LogP contribution is 2.45. The molecule has 10 aromatic rings. The molecular weight excluding hydrogens is 935 g/mol. The first-order chi connectivity index (χ1) is 37.9. The maximum atomic E-state index is 11.1. The van der Waals surface area contributed by atoms with E-state index in [2.05, 4.69) is 193 Å². The molecule has 3 aromatic heterocycles. The third-order valence-electron chi connectivity index (χ3n) is 16.4. The van der Waals surface area contributed by atoms with Crippen molar-refractivity contribution in [2.24, 2.45) is 0 Å². The summed E-state index contributed by atoms with van der Waals surface area (Å²) in [6.45, 7) is 2.38. The Kier molecular flexibility index (Phi) is 13.8. The summed E-state index contributed by atoms with van der Waals surface area (Å²) in [5, 5.41) is 21.0. The first-order valence-corrected chi connectivity index (χ1v) is 27.3. The zero-order chi connectivity index (χ0) is 52.1. The van der Waals surface area contributed by atoms with Crippen LogP contribution in [0.4, 0.5) is 0 Å². The van der Waals surface area contributed by atoms with Gasteiger partial charge in [0.1, 0.15) is 0 Å². The van der Waals surface area contributed by atoms with Gasteiger partial charge in [-0.15, -0.1) is 0 Å². The van der Waals surface area contributed by atoms with Crippen LogP contribution in [0.2, 0.25) is 0 Å². The van der Waals surface area contributed by atoms with Crippen LogP contribution in [0.25, 0.3) is 78.3 Å². The predicted octanol–water partition coefficient (Wildman–Crippen LogP) is 17.2. The summed E-state index contributed by atoms with van der Waals surface area (Å²) in [4.78, 5) is 14.3. The number of aromatic nitrogens is 3. The highest BCUT2D eigenvalue weighted by atomic mass is 14.7. The van der Waals surface area contributed by atoms with E-state index < -0.39 is 0 Å². The fourth-order valence-electron chi connectivity index (χ4n) is 12.2. The van der Waals surface area contributed by atoms with Crippen LogP contribution in [-0.4, -0.2) is 15.0 Å². The average Bonchev–Trinajstić information content (AvgIpc) is 4.20. The number of pyridine rings is 3. The van der Waals surface area contributed by atoms with Crippen LogP contribution in [0.15, 0.2) is 207 Å². The fraction of sp³-hybridized carbons (Fsp3) is 0.181. The molecule has 0 radical (unpaired) electrons. The van der Waals surface area contributed by atoms with E-state index >= 15 is 0 Å². The molecule has 372 valence electrons. The van der Waals surface area contributed by atoms with Gasteiger partial charge in [-0.3, -0.25) is 15.0 Å². The Hall–Kier alpha value is -9.03. The number of nitrogens with zero attached hydrogens (tertiary/aromatic N) is 5. The lowest BCUT2D eigenvalue weighted by atomic mass is 9.82. The van der Waals surface area contributed by atoms with E-state index in [1.807, 2.05) is 42.7 Å². The molecule has 1 fully saturated rings. The molecule has 5 heteroatoms. The molecule has 3 heterocycles. The molecule has 0 saturated heterocycles. The Bertz CT molecular complexity index is 3730. The van der Waals surface area contributed by atoms with Crippen LogP contribution in [0.5, 0.6) is 0 Å². The zero-order valence-electron chi connectivity index (χ0n) is 43.6. The van der Waals surface area contributed by atoms with E-state index in [-0.39, 0.29) is 5.41 Å². The Morgan fingerprint density at radius 1 is 0.390 bits per heavy atom. The largest absolute Gasteiger partial charge is 0.256 e. The van der Waals surface area contributed by atoms with Crippen molar-refractivity contribution in [1.29, 1.82) is 10.5 Å². The summed E-state index contributed by atoms with van der Waals surface area (Å²) in [6.07, 6.45) is 17.1. The third-order valence-corrected chi connectivity index (χ3v) is 16.4. The van der Waals surface area contributed by atoms with Crippen molar-refractivity contribution >= 4 is 0 Å². The summed E-state index contributed by atoms with van der Waals surface area (Å²) >= 11 is 0. The van der Waals surface area contributed by atoms with Gasteiger partial charge in [-0.05, 0) is 190 Å².